The molecule has 2 unspecified atom stereocenters. The fourth-order valence-electron chi connectivity index (χ4n) is 5.38. The minimum atomic E-state index is -4.65. The van der Waals surface area contributed by atoms with Gasteiger partial charge < -0.3 is 27.9 Å². The number of carbonyl (C=O) groups is 2. The van der Waals surface area contributed by atoms with E-state index in [1.54, 1.807) is 0 Å². The largest absolute Gasteiger partial charge is 0.756 e. The van der Waals surface area contributed by atoms with Crippen LogP contribution in [-0.2, 0) is 32.7 Å². The molecule has 0 aromatic rings. The van der Waals surface area contributed by atoms with E-state index in [0.29, 0.717) is 30.3 Å². The Kier molecular flexibility index (Phi) is 36.8. The van der Waals surface area contributed by atoms with Crippen LogP contribution in [-0.4, -0.2) is 70.0 Å². The molecule has 2 atom stereocenters. The maximum absolute atomic E-state index is 12.6. The average molecular weight is 818 g/mol. The molecule has 0 aromatic carbocycles. The lowest BCUT2D eigenvalue weighted by atomic mass is 10.1. The van der Waals surface area contributed by atoms with Gasteiger partial charge in [0.05, 0.1) is 27.7 Å². The highest BCUT2D eigenvalue weighted by Gasteiger charge is 2.21. The summed E-state index contributed by atoms with van der Waals surface area (Å²) in [4.78, 5) is 37.5. The number of carbonyl (C=O) groups excluding carboxylic acids is 2. The Morgan fingerprint density at radius 1 is 0.561 bits per heavy atom. The first-order valence-electron chi connectivity index (χ1n) is 21.9. The quantitative estimate of drug-likeness (QED) is 0.0199. The predicted octanol–water partition coefficient (Wildman–Crippen LogP) is 11.8. The van der Waals surface area contributed by atoms with Crippen molar-refractivity contribution in [3.8, 4) is 0 Å². The van der Waals surface area contributed by atoms with Crippen molar-refractivity contribution in [3.05, 3.63) is 85.1 Å². The van der Waals surface area contributed by atoms with Crippen LogP contribution in [0.15, 0.2) is 85.1 Å². The van der Waals surface area contributed by atoms with Gasteiger partial charge in [-0.05, 0) is 51.4 Å². The van der Waals surface area contributed by atoms with Gasteiger partial charge in [0.2, 0.25) is 0 Å². The number of quaternary nitrogens is 1. The first-order chi connectivity index (χ1) is 27.5. The molecule has 0 aliphatic carbocycles. The number of nitrogens with zero attached hydrogens (tertiary/aromatic N) is 1. The van der Waals surface area contributed by atoms with Crippen molar-refractivity contribution < 1.29 is 42.1 Å². The van der Waals surface area contributed by atoms with E-state index in [0.717, 1.165) is 32.1 Å². The number of rotatable bonds is 38. The van der Waals surface area contributed by atoms with E-state index in [1.165, 1.54) is 70.6 Å². The second kappa shape index (κ2) is 38.7. The van der Waals surface area contributed by atoms with E-state index in [9.17, 15) is 19.0 Å². The number of phosphoric acid groups is 1. The number of hydrogen-bond donors (Lipinski definition) is 0. The topological polar surface area (TPSA) is 111 Å². The lowest BCUT2D eigenvalue weighted by Crippen LogP contribution is -2.37. The molecule has 0 aromatic heterocycles. The average Bonchev–Trinajstić information content (AvgIpc) is 3.16. The highest BCUT2D eigenvalue weighted by molar-refractivity contribution is 7.45. The summed E-state index contributed by atoms with van der Waals surface area (Å²) in [5, 5.41) is 0. The van der Waals surface area contributed by atoms with Crippen molar-refractivity contribution in [2.45, 2.75) is 155 Å². The Hall–Kier alpha value is -2.81. The molecular weight excluding hydrogens is 737 g/mol. The Morgan fingerprint density at radius 2 is 1.02 bits per heavy atom. The van der Waals surface area contributed by atoms with Gasteiger partial charge in [0.1, 0.15) is 19.8 Å². The molecule has 0 rings (SSSR count). The molecule has 0 amide bonds. The normalized spacial score (nSPS) is 14.4. The van der Waals surface area contributed by atoms with Gasteiger partial charge in [-0.25, -0.2) is 0 Å². The maximum Gasteiger partial charge on any atom is 0.306 e. The third-order valence-electron chi connectivity index (χ3n) is 8.81. The lowest BCUT2D eigenvalue weighted by molar-refractivity contribution is -0.870. The summed E-state index contributed by atoms with van der Waals surface area (Å²) in [6.07, 6.45) is 49.1. The molecule has 326 valence electrons. The molecule has 0 saturated carbocycles. The van der Waals surface area contributed by atoms with Gasteiger partial charge in [-0.3, -0.25) is 14.2 Å². The van der Waals surface area contributed by atoms with Crippen LogP contribution >= 0.6 is 7.82 Å². The van der Waals surface area contributed by atoms with Gasteiger partial charge >= 0.3 is 11.9 Å². The summed E-state index contributed by atoms with van der Waals surface area (Å²) >= 11 is 0. The molecule has 10 heteroatoms. The number of likely N-dealkylation sites (N-methyl/N-ethyl adjacent to an activating group) is 1. The Balaban J connectivity index is 4.41. The molecule has 0 aliphatic heterocycles. The summed E-state index contributed by atoms with van der Waals surface area (Å²) in [6.45, 7) is 3.95. The highest BCUT2D eigenvalue weighted by atomic mass is 31.2. The highest BCUT2D eigenvalue weighted by Crippen LogP contribution is 2.38. The van der Waals surface area contributed by atoms with Crippen LogP contribution in [0, 0.1) is 0 Å². The van der Waals surface area contributed by atoms with Gasteiger partial charge in [-0.2, -0.15) is 0 Å². The fraction of sp³-hybridized carbons (Fsp3) is 0.660. The molecule has 0 fully saturated rings. The third-order valence-corrected chi connectivity index (χ3v) is 9.77. The van der Waals surface area contributed by atoms with Crippen molar-refractivity contribution in [1.29, 1.82) is 0 Å². The van der Waals surface area contributed by atoms with Crippen LogP contribution in [0.25, 0.3) is 0 Å². The monoisotopic (exact) mass is 818 g/mol. The van der Waals surface area contributed by atoms with Crippen LogP contribution < -0.4 is 4.89 Å². The summed E-state index contributed by atoms with van der Waals surface area (Å²) < 4.78 is 33.8. The van der Waals surface area contributed by atoms with Gasteiger partial charge in [-0.1, -0.05) is 170 Å². The zero-order valence-electron chi connectivity index (χ0n) is 36.5. The smallest absolute Gasteiger partial charge is 0.306 e. The molecule has 57 heavy (non-hydrogen) atoms. The number of allylic oxidation sites excluding steroid dienone is 14. The van der Waals surface area contributed by atoms with Gasteiger partial charge in [0.15, 0.2) is 6.10 Å². The Labute approximate surface area is 348 Å². The third kappa shape index (κ3) is 42.6. The number of hydrogen-bond acceptors (Lipinski definition) is 8. The van der Waals surface area contributed by atoms with Crippen molar-refractivity contribution >= 4 is 19.8 Å². The van der Waals surface area contributed by atoms with Crippen LogP contribution in [0.4, 0.5) is 0 Å². The maximum atomic E-state index is 12.6. The minimum Gasteiger partial charge on any atom is -0.756 e. The summed E-state index contributed by atoms with van der Waals surface area (Å²) in [5.41, 5.74) is 0. The second-order valence-electron chi connectivity index (χ2n) is 15.5. The minimum absolute atomic E-state index is 0.0494. The summed E-state index contributed by atoms with van der Waals surface area (Å²) in [7, 11) is 1.10. The van der Waals surface area contributed by atoms with Crippen LogP contribution in [0.5, 0.6) is 0 Å². The van der Waals surface area contributed by atoms with Crippen LogP contribution in [0.2, 0.25) is 0 Å². The number of unbranched alkanes of at least 4 members (excludes halogenated alkanes) is 15. The van der Waals surface area contributed by atoms with E-state index in [-0.39, 0.29) is 26.1 Å². The van der Waals surface area contributed by atoms with E-state index in [2.05, 4.69) is 44.2 Å². The second-order valence-corrected chi connectivity index (χ2v) is 16.9. The molecule has 0 N–H and O–H groups in total. The van der Waals surface area contributed by atoms with Crippen LogP contribution in [0.1, 0.15) is 149 Å². The first kappa shape index (κ1) is 54.2. The zero-order chi connectivity index (χ0) is 42.1. The molecule has 9 nitrogen and oxygen atoms in total. The molecule has 0 radical (unpaired) electrons. The van der Waals surface area contributed by atoms with Gasteiger partial charge in [0, 0.05) is 12.8 Å². The first-order valence-corrected chi connectivity index (χ1v) is 23.3. The molecule has 0 bridgehead atoms. The zero-order valence-corrected chi connectivity index (χ0v) is 37.4. The summed E-state index contributed by atoms with van der Waals surface area (Å²) in [6, 6.07) is 0. The molecule has 0 aliphatic rings. The Morgan fingerprint density at radius 3 is 1.56 bits per heavy atom. The summed E-state index contributed by atoms with van der Waals surface area (Å²) in [5.74, 6) is -0.933. The lowest BCUT2D eigenvalue weighted by Gasteiger charge is -2.28. The number of phosphoric ester groups is 1. The fourth-order valence-corrected chi connectivity index (χ4v) is 6.11. The van der Waals surface area contributed by atoms with Crippen molar-refractivity contribution in [3.63, 3.8) is 0 Å². The van der Waals surface area contributed by atoms with Crippen LogP contribution in [0.3, 0.4) is 0 Å². The van der Waals surface area contributed by atoms with E-state index < -0.39 is 32.5 Å². The Bertz CT molecular complexity index is 1240. The molecule has 0 heterocycles. The van der Waals surface area contributed by atoms with Gasteiger partial charge in [0.25, 0.3) is 7.82 Å². The predicted molar refractivity (Wildman–Crippen MR) is 236 cm³/mol. The number of esters is 2. The van der Waals surface area contributed by atoms with Crippen molar-refractivity contribution in [2.24, 2.45) is 0 Å². The number of ether oxygens (including phenoxy) is 2. The van der Waals surface area contributed by atoms with Gasteiger partial charge in [-0.15, -0.1) is 0 Å². The van der Waals surface area contributed by atoms with E-state index in [4.69, 9.17) is 18.5 Å². The molecular formula is C47H80NO8P. The van der Waals surface area contributed by atoms with E-state index >= 15 is 0 Å². The van der Waals surface area contributed by atoms with E-state index in [1.807, 2.05) is 75.8 Å². The molecule has 0 saturated heterocycles. The van der Waals surface area contributed by atoms with Crippen molar-refractivity contribution in [1.82, 2.24) is 0 Å². The SMILES string of the molecule is CC/C=C/C=C/C=C/C=C/C=C/CCCC(=O)OC(COC(=O)CCCCCCCCCCCC/C=C/C=C/CCCCCC)COP(=O)([O-])OCC[N+](C)(C)C. The molecule has 0 spiro atoms. The van der Waals surface area contributed by atoms with Crippen molar-refractivity contribution in [2.75, 3.05) is 47.5 Å². The standard InChI is InChI=1S/C47H80NO8P/c1-6-8-10-12-14-16-18-20-21-22-23-24-25-26-28-29-31-33-35-37-39-46(49)53-43-45(44-55-57(51,52)54-42-41-48(3,4)5)56-47(50)40-38-36-34-32-30-27-19-17-15-13-11-9-7-2/h9,11,13,15-21,27,30,32,34,45H,6-8,10,12,14,22-26,28-29,31,33,35-44H2,1-5H3/b11-9+,15-13+,18-16+,19-17+,21-20+,30-27+,34-32+.